The molecule has 0 atom stereocenters. The quantitative estimate of drug-likeness (QED) is 0.364. The van der Waals surface area contributed by atoms with Crippen molar-refractivity contribution in [2.75, 3.05) is 0 Å². The number of hydrogen-bond donors (Lipinski definition) is 1. The monoisotopic (exact) mass is 465 g/mol. The van der Waals surface area contributed by atoms with Crippen LogP contribution >= 0.6 is 0 Å². The second-order valence-corrected chi connectivity index (χ2v) is 9.14. The van der Waals surface area contributed by atoms with E-state index in [-0.39, 0.29) is 24.3 Å². The van der Waals surface area contributed by atoms with Crippen LogP contribution in [-0.2, 0) is 6.54 Å². The van der Waals surface area contributed by atoms with Gasteiger partial charge in [0.2, 0.25) is 5.92 Å². The van der Waals surface area contributed by atoms with Crippen LogP contribution in [0.4, 0.5) is 8.78 Å². The molecule has 1 N–H and O–H groups in total. The Morgan fingerprint density at radius 1 is 1.21 bits per heavy atom. The molecule has 0 unspecified atom stereocenters. The van der Waals surface area contributed by atoms with Gasteiger partial charge in [-0.05, 0) is 50.3 Å². The lowest BCUT2D eigenvalue weighted by atomic mass is 9.87. The van der Waals surface area contributed by atoms with Crippen molar-refractivity contribution < 1.29 is 23.2 Å². The fourth-order valence-electron chi connectivity index (χ4n) is 5.01. The van der Waals surface area contributed by atoms with Crippen LogP contribution in [0.15, 0.2) is 47.2 Å². The molecule has 176 valence electrons. The Hall–Kier alpha value is -3.55. The van der Waals surface area contributed by atoms with Gasteiger partial charge in [-0.1, -0.05) is 23.4 Å². The number of carboxylic acid groups (broad SMARTS) is 1. The van der Waals surface area contributed by atoms with Gasteiger partial charge in [-0.25, -0.2) is 13.6 Å². The number of carboxylic acids is 1. The van der Waals surface area contributed by atoms with Crippen molar-refractivity contribution in [3.05, 3.63) is 59.7 Å². The van der Waals surface area contributed by atoms with Crippen LogP contribution < -0.4 is 0 Å². The van der Waals surface area contributed by atoms with E-state index in [2.05, 4.69) is 5.16 Å². The molecule has 0 amide bonds. The van der Waals surface area contributed by atoms with E-state index >= 15 is 0 Å². The molecule has 1 aromatic carbocycles. The van der Waals surface area contributed by atoms with Gasteiger partial charge >= 0.3 is 5.97 Å². The summed E-state index contributed by atoms with van der Waals surface area (Å²) in [7, 11) is 0. The molecule has 8 heteroatoms. The van der Waals surface area contributed by atoms with Crippen molar-refractivity contribution in [3.8, 4) is 22.3 Å². The lowest BCUT2D eigenvalue weighted by Gasteiger charge is -2.28. The van der Waals surface area contributed by atoms with E-state index in [0.29, 0.717) is 41.8 Å². The maximum Gasteiger partial charge on any atom is 0.336 e. The van der Waals surface area contributed by atoms with Gasteiger partial charge in [0.1, 0.15) is 5.76 Å². The van der Waals surface area contributed by atoms with E-state index in [1.165, 1.54) is 0 Å². The zero-order valence-corrected chi connectivity index (χ0v) is 19.0. The molecule has 34 heavy (non-hydrogen) atoms. The maximum absolute atomic E-state index is 13.7. The molecule has 0 bridgehead atoms. The van der Waals surface area contributed by atoms with Crippen molar-refractivity contribution in [1.82, 2.24) is 14.7 Å². The smallest absolute Gasteiger partial charge is 0.336 e. The maximum atomic E-state index is 13.7. The van der Waals surface area contributed by atoms with Gasteiger partial charge in [0.25, 0.3) is 0 Å². The fourth-order valence-corrected chi connectivity index (χ4v) is 5.01. The largest absolute Gasteiger partial charge is 0.478 e. The van der Waals surface area contributed by atoms with Crippen LogP contribution in [0.25, 0.3) is 33.3 Å². The highest BCUT2D eigenvalue weighted by Crippen LogP contribution is 2.39. The summed E-state index contributed by atoms with van der Waals surface area (Å²) in [6.45, 7) is 4.27. The Kier molecular flexibility index (Phi) is 5.46. The lowest BCUT2D eigenvalue weighted by Crippen LogP contribution is -2.26. The van der Waals surface area contributed by atoms with Crippen LogP contribution in [0, 0.1) is 19.8 Å². The molecule has 1 saturated carbocycles. The second-order valence-electron chi connectivity index (χ2n) is 9.14. The number of fused-ring (bicyclic) bond motifs is 1. The zero-order chi connectivity index (χ0) is 24.0. The summed E-state index contributed by atoms with van der Waals surface area (Å²) in [5.74, 6) is -2.81. The van der Waals surface area contributed by atoms with Gasteiger partial charge in [-0.3, -0.25) is 4.98 Å². The van der Waals surface area contributed by atoms with Gasteiger partial charge in [0, 0.05) is 48.5 Å². The molecule has 5 rings (SSSR count). The van der Waals surface area contributed by atoms with E-state index in [0.717, 1.165) is 22.3 Å². The normalized spacial score (nSPS) is 16.2. The summed E-state index contributed by atoms with van der Waals surface area (Å²) in [5.41, 5.74) is 5.43. The molecule has 4 aromatic rings. The van der Waals surface area contributed by atoms with E-state index in [9.17, 15) is 18.7 Å². The number of pyridine rings is 1. The number of aryl methyl sites for hydroxylation is 2. The molecule has 3 aromatic heterocycles. The Morgan fingerprint density at radius 3 is 2.62 bits per heavy atom. The topological polar surface area (TPSA) is 81.2 Å². The first-order chi connectivity index (χ1) is 16.2. The molecule has 1 aliphatic rings. The van der Waals surface area contributed by atoms with Crippen molar-refractivity contribution in [2.45, 2.75) is 52.0 Å². The number of alkyl halides is 2. The van der Waals surface area contributed by atoms with Gasteiger partial charge < -0.3 is 14.2 Å². The first-order valence-electron chi connectivity index (χ1n) is 11.4. The predicted molar refractivity (Wildman–Crippen MR) is 124 cm³/mol. The van der Waals surface area contributed by atoms with Gasteiger partial charge in [-0.2, -0.15) is 0 Å². The molecule has 0 saturated heterocycles. The first-order valence-corrected chi connectivity index (χ1v) is 11.4. The third-order valence-corrected chi connectivity index (χ3v) is 6.78. The van der Waals surface area contributed by atoms with Crippen molar-refractivity contribution in [2.24, 2.45) is 5.92 Å². The number of aromatic carboxylic acids is 1. The van der Waals surface area contributed by atoms with Crippen LogP contribution in [0.3, 0.4) is 0 Å². The van der Waals surface area contributed by atoms with E-state index in [1.54, 1.807) is 30.5 Å². The SMILES string of the molecule is Cc1noc(C)c1-c1cnc2c(-c3ccccc3C(=O)O)cn(CC3CCC(F)(F)CC3)c2c1. The van der Waals surface area contributed by atoms with Crippen LogP contribution in [0.5, 0.6) is 0 Å². The molecule has 0 aliphatic heterocycles. The summed E-state index contributed by atoms with van der Waals surface area (Å²) >= 11 is 0. The first kappa shape index (κ1) is 22.3. The molecule has 0 spiro atoms. The van der Waals surface area contributed by atoms with Crippen LogP contribution in [0.2, 0.25) is 0 Å². The standard InChI is InChI=1S/C26H25F2N3O3/c1-15-23(16(2)34-30-15)18-11-22-24(29-12-18)21(19-5-3-4-6-20(19)25(32)33)14-31(22)13-17-7-9-26(27,28)10-8-17/h3-6,11-12,14,17H,7-10,13H2,1-2H3,(H,32,33). The van der Waals surface area contributed by atoms with Crippen LogP contribution in [-0.4, -0.2) is 31.7 Å². The van der Waals surface area contributed by atoms with Gasteiger partial charge in [0.05, 0.1) is 22.3 Å². The average Bonchev–Trinajstić information content (AvgIpc) is 3.34. The molecule has 1 aliphatic carbocycles. The zero-order valence-electron chi connectivity index (χ0n) is 19.0. The highest BCUT2D eigenvalue weighted by molar-refractivity contribution is 6.02. The number of nitrogens with zero attached hydrogens (tertiary/aromatic N) is 3. The number of benzene rings is 1. The minimum atomic E-state index is -2.58. The Labute approximate surface area is 195 Å². The molecule has 3 heterocycles. The van der Waals surface area contributed by atoms with E-state index in [1.807, 2.05) is 30.7 Å². The Morgan fingerprint density at radius 2 is 1.94 bits per heavy atom. The molecular formula is C26H25F2N3O3. The third-order valence-electron chi connectivity index (χ3n) is 6.78. The molecule has 0 radical (unpaired) electrons. The van der Waals surface area contributed by atoms with Crippen molar-refractivity contribution >= 4 is 17.0 Å². The lowest BCUT2D eigenvalue weighted by molar-refractivity contribution is -0.0472. The fraction of sp³-hybridized carbons (Fsp3) is 0.346. The summed E-state index contributed by atoms with van der Waals surface area (Å²) < 4.78 is 34.8. The second kappa shape index (κ2) is 8.34. The third kappa shape index (κ3) is 3.97. The molecule has 1 fully saturated rings. The van der Waals surface area contributed by atoms with Crippen molar-refractivity contribution in [1.29, 1.82) is 0 Å². The number of carbonyl (C=O) groups is 1. The number of hydrogen-bond acceptors (Lipinski definition) is 4. The number of rotatable bonds is 5. The summed E-state index contributed by atoms with van der Waals surface area (Å²) in [6.07, 6.45) is 4.34. The van der Waals surface area contributed by atoms with Crippen LogP contribution in [0.1, 0.15) is 47.5 Å². The Bertz CT molecular complexity index is 1360. The number of halogens is 2. The summed E-state index contributed by atoms with van der Waals surface area (Å²) in [6, 6.07) is 8.83. The van der Waals surface area contributed by atoms with E-state index in [4.69, 9.17) is 9.51 Å². The minimum Gasteiger partial charge on any atom is -0.478 e. The number of aromatic nitrogens is 3. The summed E-state index contributed by atoms with van der Waals surface area (Å²) in [4.78, 5) is 16.6. The highest BCUT2D eigenvalue weighted by atomic mass is 19.3. The predicted octanol–water partition coefficient (Wildman–Crippen LogP) is 6.50. The van der Waals surface area contributed by atoms with Crippen molar-refractivity contribution in [3.63, 3.8) is 0 Å². The summed E-state index contributed by atoms with van der Waals surface area (Å²) in [5, 5.41) is 13.8. The molecular weight excluding hydrogens is 440 g/mol. The van der Waals surface area contributed by atoms with Gasteiger partial charge in [0.15, 0.2) is 0 Å². The molecule has 6 nitrogen and oxygen atoms in total. The average molecular weight is 466 g/mol. The minimum absolute atomic E-state index is 0.103. The van der Waals surface area contributed by atoms with E-state index < -0.39 is 11.9 Å². The highest BCUT2D eigenvalue weighted by Gasteiger charge is 2.35. The van der Waals surface area contributed by atoms with Gasteiger partial charge in [-0.15, -0.1) is 0 Å². The Balaban J connectivity index is 1.65.